The van der Waals surface area contributed by atoms with Crippen LogP contribution in [0.1, 0.15) is 35.7 Å². The second-order valence-corrected chi connectivity index (χ2v) is 6.90. The lowest BCUT2D eigenvalue weighted by Crippen LogP contribution is -2.36. The number of pyridine rings is 1. The van der Waals surface area contributed by atoms with E-state index < -0.39 is 0 Å². The topological polar surface area (TPSA) is 49.6 Å². The molecule has 2 fully saturated rings. The Morgan fingerprint density at radius 1 is 1.17 bits per heavy atom. The molecule has 2 atom stereocenters. The van der Waals surface area contributed by atoms with Gasteiger partial charge in [0.1, 0.15) is 11.5 Å². The molecule has 0 N–H and O–H groups in total. The number of rotatable bonds is 4. The van der Waals surface area contributed by atoms with Gasteiger partial charge in [-0.15, -0.1) is 0 Å². The minimum absolute atomic E-state index is 0.244. The third-order valence-corrected chi connectivity index (χ3v) is 5.16. The lowest BCUT2D eigenvalue weighted by molar-refractivity contribution is -0.129. The van der Waals surface area contributed by atoms with Crippen LogP contribution in [0.3, 0.4) is 0 Å². The molecule has 5 nitrogen and oxygen atoms in total. The largest absolute Gasteiger partial charge is 0.465 e. The van der Waals surface area contributed by atoms with Crippen molar-refractivity contribution in [2.45, 2.75) is 51.9 Å². The van der Waals surface area contributed by atoms with Crippen LogP contribution in [0.2, 0.25) is 0 Å². The first-order valence-electron chi connectivity index (χ1n) is 8.61. The molecule has 0 aliphatic carbocycles. The summed E-state index contributed by atoms with van der Waals surface area (Å²) in [5.41, 5.74) is 1.97. The highest BCUT2D eigenvalue weighted by molar-refractivity contribution is 5.80. The molecule has 0 unspecified atom stereocenters. The van der Waals surface area contributed by atoms with Crippen molar-refractivity contribution in [3.63, 3.8) is 0 Å². The molecule has 4 heterocycles. The highest BCUT2D eigenvalue weighted by Crippen LogP contribution is 2.34. The van der Waals surface area contributed by atoms with E-state index in [0.29, 0.717) is 25.0 Å². The number of fused-ring (bicyclic) bond motifs is 1. The number of aryl methyl sites for hydroxylation is 2. The molecular formula is C19H23N3O2. The van der Waals surface area contributed by atoms with Crippen LogP contribution in [0.4, 0.5) is 0 Å². The second kappa shape index (κ2) is 6.06. The van der Waals surface area contributed by atoms with Gasteiger partial charge in [0.05, 0.1) is 18.8 Å². The van der Waals surface area contributed by atoms with E-state index in [2.05, 4.69) is 9.88 Å². The smallest absolute Gasteiger partial charge is 0.224 e. The fourth-order valence-electron chi connectivity index (χ4n) is 4.04. The van der Waals surface area contributed by atoms with Crippen LogP contribution in [0.5, 0.6) is 0 Å². The molecule has 2 aliphatic rings. The highest BCUT2D eigenvalue weighted by atomic mass is 16.3. The molecule has 2 saturated heterocycles. The first-order chi connectivity index (χ1) is 11.6. The van der Waals surface area contributed by atoms with Crippen molar-refractivity contribution >= 4 is 5.91 Å². The average molecular weight is 325 g/mol. The summed E-state index contributed by atoms with van der Waals surface area (Å²) in [5.74, 6) is 2.17. The van der Waals surface area contributed by atoms with E-state index in [1.165, 1.54) is 0 Å². The Kier molecular flexibility index (Phi) is 3.88. The predicted molar refractivity (Wildman–Crippen MR) is 90.2 cm³/mol. The Bertz CT molecular complexity index is 755. The summed E-state index contributed by atoms with van der Waals surface area (Å²) < 4.78 is 5.71. The normalized spacial score (nSPS) is 23.9. The minimum Gasteiger partial charge on any atom is -0.465 e. The van der Waals surface area contributed by atoms with Crippen LogP contribution in [0.15, 0.2) is 34.7 Å². The number of likely N-dealkylation sites (tertiary alicyclic amines) is 2. The SMILES string of the molecule is Cc1cccc(CN2C(=O)C[C@H]3[C@H]2CCN3Cc2ccc(C)o2)n1. The van der Waals surface area contributed by atoms with Crippen LogP contribution >= 0.6 is 0 Å². The first kappa shape index (κ1) is 15.4. The number of carbonyl (C=O) groups is 1. The van der Waals surface area contributed by atoms with Gasteiger partial charge in [0.15, 0.2) is 0 Å². The van der Waals surface area contributed by atoms with E-state index in [-0.39, 0.29) is 5.91 Å². The maximum atomic E-state index is 12.5. The predicted octanol–water partition coefficient (Wildman–Crippen LogP) is 2.67. The zero-order chi connectivity index (χ0) is 16.7. The first-order valence-corrected chi connectivity index (χ1v) is 8.61. The Labute approximate surface area is 142 Å². The van der Waals surface area contributed by atoms with Crippen LogP contribution in [0.25, 0.3) is 0 Å². The van der Waals surface area contributed by atoms with Crippen molar-refractivity contribution in [2.75, 3.05) is 6.54 Å². The van der Waals surface area contributed by atoms with Crippen LogP contribution in [-0.2, 0) is 17.9 Å². The molecular weight excluding hydrogens is 302 g/mol. The van der Waals surface area contributed by atoms with Crippen LogP contribution in [-0.4, -0.2) is 39.3 Å². The maximum absolute atomic E-state index is 12.5. The Morgan fingerprint density at radius 3 is 2.79 bits per heavy atom. The molecule has 0 spiro atoms. The van der Waals surface area contributed by atoms with Crippen molar-refractivity contribution in [1.29, 1.82) is 0 Å². The summed E-state index contributed by atoms with van der Waals surface area (Å²) in [6, 6.07) is 10.6. The van der Waals surface area contributed by atoms with Gasteiger partial charge in [0, 0.05) is 30.7 Å². The standard InChI is InChI=1S/C19H23N3O2/c1-13-4-3-5-15(20-13)11-22-17-8-9-21(18(17)10-19(22)23)12-16-7-6-14(2)24-16/h3-7,17-18H,8-12H2,1-2H3/t17-,18+/m1/s1. The summed E-state index contributed by atoms with van der Waals surface area (Å²) in [6.45, 7) is 6.38. The molecule has 4 rings (SSSR count). The monoisotopic (exact) mass is 325 g/mol. The minimum atomic E-state index is 0.244. The zero-order valence-electron chi connectivity index (χ0n) is 14.2. The number of nitrogens with zero attached hydrogens (tertiary/aromatic N) is 3. The summed E-state index contributed by atoms with van der Waals surface area (Å²) in [4.78, 5) is 21.5. The summed E-state index contributed by atoms with van der Waals surface area (Å²) in [5, 5.41) is 0. The van der Waals surface area contributed by atoms with Crippen molar-refractivity contribution < 1.29 is 9.21 Å². The molecule has 0 saturated carbocycles. The van der Waals surface area contributed by atoms with Gasteiger partial charge in [-0.25, -0.2) is 0 Å². The maximum Gasteiger partial charge on any atom is 0.224 e. The lowest BCUT2D eigenvalue weighted by Gasteiger charge is -2.25. The van der Waals surface area contributed by atoms with Crippen LogP contribution in [0, 0.1) is 13.8 Å². The third-order valence-electron chi connectivity index (χ3n) is 5.16. The molecule has 2 aliphatic heterocycles. The summed E-state index contributed by atoms with van der Waals surface area (Å²) in [6.07, 6.45) is 1.64. The number of hydrogen-bond acceptors (Lipinski definition) is 4. The van der Waals surface area contributed by atoms with Crippen molar-refractivity contribution in [2.24, 2.45) is 0 Å². The molecule has 24 heavy (non-hydrogen) atoms. The Hall–Kier alpha value is -2.14. The van der Waals surface area contributed by atoms with Gasteiger partial charge in [-0.05, 0) is 44.5 Å². The molecule has 1 amide bonds. The quantitative estimate of drug-likeness (QED) is 0.867. The van der Waals surface area contributed by atoms with Gasteiger partial charge in [-0.2, -0.15) is 0 Å². The van der Waals surface area contributed by atoms with Gasteiger partial charge < -0.3 is 9.32 Å². The Morgan fingerprint density at radius 2 is 2.04 bits per heavy atom. The van der Waals surface area contributed by atoms with Crippen molar-refractivity contribution in [1.82, 2.24) is 14.8 Å². The van der Waals surface area contributed by atoms with E-state index in [1.54, 1.807) is 0 Å². The highest BCUT2D eigenvalue weighted by Gasteiger charge is 2.46. The van der Waals surface area contributed by atoms with E-state index >= 15 is 0 Å². The zero-order valence-corrected chi connectivity index (χ0v) is 14.2. The molecule has 0 bridgehead atoms. The van der Waals surface area contributed by atoms with Crippen molar-refractivity contribution in [3.8, 4) is 0 Å². The molecule has 126 valence electrons. The van der Waals surface area contributed by atoms with Gasteiger partial charge in [0.2, 0.25) is 5.91 Å². The van der Waals surface area contributed by atoms with Gasteiger partial charge >= 0.3 is 0 Å². The van der Waals surface area contributed by atoms with E-state index in [1.807, 2.05) is 49.1 Å². The number of carbonyl (C=O) groups excluding carboxylic acids is 1. The number of furan rings is 1. The second-order valence-electron chi connectivity index (χ2n) is 6.90. The molecule has 0 aromatic carbocycles. The average Bonchev–Trinajstić information content (AvgIpc) is 3.20. The summed E-state index contributed by atoms with van der Waals surface area (Å²) in [7, 11) is 0. The Balaban J connectivity index is 1.47. The fraction of sp³-hybridized carbons (Fsp3) is 0.474. The van der Waals surface area contributed by atoms with E-state index in [0.717, 1.165) is 42.4 Å². The lowest BCUT2D eigenvalue weighted by atomic mass is 10.1. The van der Waals surface area contributed by atoms with E-state index in [4.69, 9.17) is 4.42 Å². The van der Waals surface area contributed by atoms with Gasteiger partial charge in [-0.3, -0.25) is 14.7 Å². The molecule has 2 aromatic rings. The molecule has 2 aromatic heterocycles. The summed E-state index contributed by atoms with van der Waals surface area (Å²) >= 11 is 0. The molecule has 5 heteroatoms. The number of hydrogen-bond donors (Lipinski definition) is 0. The van der Waals surface area contributed by atoms with Crippen molar-refractivity contribution in [3.05, 3.63) is 53.2 Å². The number of aromatic nitrogens is 1. The van der Waals surface area contributed by atoms with Crippen LogP contribution < -0.4 is 0 Å². The molecule has 0 radical (unpaired) electrons. The van der Waals surface area contributed by atoms with E-state index in [9.17, 15) is 4.79 Å². The fourth-order valence-corrected chi connectivity index (χ4v) is 4.04. The third kappa shape index (κ3) is 2.84. The number of amides is 1. The van der Waals surface area contributed by atoms with Gasteiger partial charge in [-0.1, -0.05) is 6.07 Å². The van der Waals surface area contributed by atoms with Gasteiger partial charge in [0.25, 0.3) is 0 Å².